The molecule has 1 heterocycles. The molecule has 2 aliphatic rings. The van der Waals surface area contributed by atoms with Crippen molar-refractivity contribution in [2.75, 3.05) is 32.0 Å². The summed E-state index contributed by atoms with van der Waals surface area (Å²) in [5.41, 5.74) is 5.00. The molecule has 184 valence electrons. The Hall–Kier alpha value is -4.26. The smallest absolute Gasteiger partial charge is 0.193 e. The van der Waals surface area contributed by atoms with Crippen LogP contribution in [0.25, 0.3) is 0 Å². The molecular weight excluding hydrogens is 456 g/mol. The fourth-order valence-corrected chi connectivity index (χ4v) is 4.90. The van der Waals surface area contributed by atoms with E-state index in [0.717, 1.165) is 35.5 Å². The predicted octanol–water partition coefficient (Wildman–Crippen LogP) is 5.53. The number of allylic oxidation sites excluding steroid dienone is 1. The second-order valence-electron chi connectivity index (χ2n) is 8.78. The Bertz CT molecular complexity index is 1360. The number of methoxy groups -OCH3 is 3. The second kappa shape index (κ2) is 9.77. The number of carbonyl (C=O) groups is 2. The minimum absolute atomic E-state index is 0.0588. The molecule has 1 aliphatic carbocycles. The number of Topliss-reactive ketones (excluding diaryl/α,β-unsaturated/α-hetero) is 1. The third-order valence-electron chi connectivity index (χ3n) is 6.69. The summed E-state index contributed by atoms with van der Waals surface area (Å²) in [7, 11) is 4.74. The minimum Gasteiger partial charge on any atom is -0.496 e. The topological polar surface area (TPSA) is 85.9 Å². The first-order valence-electron chi connectivity index (χ1n) is 11.9. The average molecular weight is 485 g/mol. The standard InChI is InChI=1S/C29H28N2O5/c1-34-24-16-26(36-3)25(35-2)15-19(24)28-27-21(10-7-11-23(27)32)30-22-14-18(12-13-20(22)31-28)29(33)17-8-5-4-6-9-17/h4-6,8-9,12-16,28,30-31H,7,10-11H2,1-3H3/t28-/m1/s1. The number of ketones is 2. The molecule has 7 nitrogen and oxygen atoms in total. The van der Waals surface area contributed by atoms with Crippen molar-refractivity contribution in [3.63, 3.8) is 0 Å². The third-order valence-corrected chi connectivity index (χ3v) is 6.69. The first-order chi connectivity index (χ1) is 17.5. The molecule has 2 N–H and O–H groups in total. The van der Waals surface area contributed by atoms with Gasteiger partial charge in [-0.2, -0.15) is 0 Å². The monoisotopic (exact) mass is 484 g/mol. The molecule has 0 aromatic heterocycles. The summed E-state index contributed by atoms with van der Waals surface area (Å²) in [6.07, 6.45) is 1.96. The number of benzene rings is 3. The van der Waals surface area contributed by atoms with Crippen LogP contribution in [-0.2, 0) is 4.79 Å². The number of hydrogen-bond acceptors (Lipinski definition) is 7. The van der Waals surface area contributed by atoms with Crippen LogP contribution in [0.2, 0.25) is 0 Å². The Morgan fingerprint density at radius 2 is 1.53 bits per heavy atom. The number of rotatable bonds is 6. The molecule has 0 spiro atoms. The summed E-state index contributed by atoms with van der Waals surface area (Å²) in [4.78, 5) is 26.4. The molecule has 0 fully saturated rings. The zero-order chi connectivity index (χ0) is 25.2. The van der Waals surface area contributed by atoms with Crippen LogP contribution in [-0.4, -0.2) is 32.9 Å². The van der Waals surface area contributed by atoms with Gasteiger partial charge in [0.1, 0.15) is 5.75 Å². The van der Waals surface area contributed by atoms with Gasteiger partial charge in [0.05, 0.1) is 38.7 Å². The minimum atomic E-state index is -0.480. The maximum absolute atomic E-state index is 13.3. The molecule has 3 aromatic carbocycles. The number of hydrogen-bond donors (Lipinski definition) is 2. The second-order valence-corrected chi connectivity index (χ2v) is 8.78. The van der Waals surface area contributed by atoms with Crippen LogP contribution in [0.15, 0.2) is 71.9 Å². The van der Waals surface area contributed by atoms with Crippen molar-refractivity contribution in [1.82, 2.24) is 0 Å². The quantitative estimate of drug-likeness (QED) is 0.445. The molecule has 0 amide bonds. The summed E-state index contributed by atoms with van der Waals surface area (Å²) in [6.45, 7) is 0. The predicted molar refractivity (Wildman–Crippen MR) is 138 cm³/mol. The molecular formula is C29H28N2O5. The van der Waals surface area contributed by atoms with E-state index in [2.05, 4.69) is 10.6 Å². The van der Waals surface area contributed by atoms with Crippen LogP contribution in [0.1, 0.15) is 46.8 Å². The lowest BCUT2D eigenvalue weighted by Gasteiger charge is -2.27. The molecule has 0 saturated carbocycles. The van der Waals surface area contributed by atoms with Crippen LogP contribution in [0.3, 0.4) is 0 Å². The number of anilines is 2. The van der Waals surface area contributed by atoms with E-state index in [9.17, 15) is 9.59 Å². The van der Waals surface area contributed by atoms with Crippen LogP contribution in [0.4, 0.5) is 11.4 Å². The van der Waals surface area contributed by atoms with E-state index in [1.165, 1.54) is 0 Å². The first kappa shape index (κ1) is 23.5. The van der Waals surface area contributed by atoms with Gasteiger partial charge in [-0.1, -0.05) is 30.3 Å². The lowest BCUT2D eigenvalue weighted by atomic mass is 9.86. The summed E-state index contributed by atoms with van der Waals surface area (Å²) in [5, 5.41) is 7.02. The average Bonchev–Trinajstić information content (AvgIpc) is 3.09. The van der Waals surface area contributed by atoms with Gasteiger partial charge in [-0.3, -0.25) is 9.59 Å². The summed E-state index contributed by atoms with van der Waals surface area (Å²) in [6, 6.07) is 17.9. The van der Waals surface area contributed by atoms with Gasteiger partial charge in [0, 0.05) is 40.4 Å². The Kier molecular flexibility index (Phi) is 6.38. The Labute approximate surface area is 210 Å². The zero-order valence-corrected chi connectivity index (χ0v) is 20.5. The van der Waals surface area contributed by atoms with Crippen molar-refractivity contribution < 1.29 is 23.8 Å². The highest BCUT2D eigenvalue weighted by molar-refractivity contribution is 6.10. The highest BCUT2D eigenvalue weighted by Gasteiger charge is 2.34. The molecule has 5 rings (SSSR count). The van der Waals surface area contributed by atoms with Gasteiger partial charge in [-0.05, 0) is 37.1 Å². The van der Waals surface area contributed by atoms with Gasteiger partial charge in [-0.25, -0.2) is 0 Å². The Morgan fingerprint density at radius 3 is 2.25 bits per heavy atom. The summed E-state index contributed by atoms with van der Waals surface area (Å²) >= 11 is 0. The van der Waals surface area contributed by atoms with Gasteiger partial charge >= 0.3 is 0 Å². The van der Waals surface area contributed by atoms with E-state index >= 15 is 0 Å². The zero-order valence-electron chi connectivity index (χ0n) is 20.5. The van der Waals surface area contributed by atoms with Crippen molar-refractivity contribution in [1.29, 1.82) is 0 Å². The SMILES string of the molecule is COc1cc(OC)c([C@H]2Nc3ccc(C(=O)c4ccccc4)cc3NC3=C2C(=O)CCC3)cc1OC. The van der Waals surface area contributed by atoms with Crippen LogP contribution in [0, 0.1) is 0 Å². The number of ether oxygens (including phenoxy) is 3. The van der Waals surface area contributed by atoms with Gasteiger partial charge in [0.2, 0.25) is 0 Å². The van der Waals surface area contributed by atoms with Crippen molar-refractivity contribution >= 4 is 22.9 Å². The van der Waals surface area contributed by atoms with E-state index in [1.54, 1.807) is 45.6 Å². The number of carbonyl (C=O) groups excluding carboxylic acids is 2. The molecule has 0 bridgehead atoms. The van der Waals surface area contributed by atoms with Crippen LogP contribution >= 0.6 is 0 Å². The first-order valence-corrected chi connectivity index (χ1v) is 11.9. The van der Waals surface area contributed by atoms with Crippen molar-refractivity contribution in [3.05, 3.63) is 88.6 Å². The largest absolute Gasteiger partial charge is 0.496 e. The van der Waals surface area contributed by atoms with Gasteiger partial charge < -0.3 is 24.8 Å². The highest BCUT2D eigenvalue weighted by atomic mass is 16.5. The van der Waals surface area contributed by atoms with Crippen LogP contribution < -0.4 is 24.8 Å². The molecule has 0 unspecified atom stereocenters. The molecule has 36 heavy (non-hydrogen) atoms. The lowest BCUT2D eigenvalue weighted by molar-refractivity contribution is -0.116. The van der Waals surface area contributed by atoms with Crippen LogP contribution in [0.5, 0.6) is 17.2 Å². The summed E-state index contributed by atoms with van der Waals surface area (Å²) < 4.78 is 16.7. The normalized spacial score (nSPS) is 16.6. The third kappa shape index (κ3) is 4.17. The maximum atomic E-state index is 13.3. The van der Waals surface area contributed by atoms with Crippen molar-refractivity contribution in [3.8, 4) is 17.2 Å². The molecule has 0 saturated heterocycles. The van der Waals surface area contributed by atoms with Crippen molar-refractivity contribution in [2.24, 2.45) is 0 Å². The Morgan fingerprint density at radius 1 is 0.806 bits per heavy atom. The van der Waals surface area contributed by atoms with E-state index in [0.29, 0.717) is 40.4 Å². The highest BCUT2D eigenvalue weighted by Crippen LogP contribution is 2.46. The van der Waals surface area contributed by atoms with Gasteiger partial charge in [0.15, 0.2) is 23.1 Å². The molecule has 0 radical (unpaired) electrons. The molecule has 3 aromatic rings. The Balaban J connectivity index is 1.63. The van der Waals surface area contributed by atoms with E-state index < -0.39 is 6.04 Å². The molecule has 7 heteroatoms. The fourth-order valence-electron chi connectivity index (χ4n) is 4.90. The molecule has 1 aliphatic heterocycles. The van der Waals surface area contributed by atoms with E-state index in [1.807, 2.05) is 36.4 Å². The van der Waals surface area contributed by atoms with Gasteiger partial charge in [-0.15, -0.1) is 0 Å². The van der Waals surface area contributed by atoms with Gasteiger partial charge in [0.25, 0.3) is 0 Å². The molecule has 1 atom stereocenters. The van der Waals surface area contributed by atoms with Crippen molar-refractivity contribution in [2.45, 2.75) is 25.3 Å². The number of nitrogens with one attached hydrogen (secondary N) is 2. The lowest BCUT2D eigenvalue weighted by Crippen LogP contribution is -2.24. The maximum Gasteiger partial charge on any atom is 0.193 e. The summed E-state index contributed by atoms with van der Waals surface area (Å²) in [5.74, 6) is 1.68. The van der Waals surface area contributed by atoms with E-state index in [-0.39, 0.29) is 11.6 Å². The fraction of sp³-hybridized carbons (Fsp3) is 0.241. The number of fused-ring (bicyclic) bond motifs is 1. The van der Waals surface area contributed by atoms with E-state index in [4.69, 9.17) is 14.2 Å².